The molecule has 2 aromatic rings. The summed E-state index contributed by atoms with van der Waals surface area (Å²) >= 11 is 7.61. The van der Waals surface area contributed by atoms with Crippen molar-refractivity contribution in [2.24, 2.45) is 5.73 Å². The summed E-state index contributed by atoms with van der Waals surface area (Å²) in [7, 11) is 0. The highest BCUT2D eigenvalue weighted by atomic mass is 35.5. The van der Waals surface area contributed by atoms with Gasteiger partial charge in [-0.05, 0) is 30.2 Å². The molecule has 0 bridgehead atoms. The van der Waals surface area contributed by atoms with E-state index in [0.717, 1.165) is 22.0 Å². The summed E-state index contributed by atoms with van der Waals surface area (Å²) in [5, 5.41) is 3.76. The van der Waals surface area contributed by atoms with Crippen LogP contribution >= 0.6 is 22.9 Å². The van der Waals surface area contributed by atoms with Crippen LogP contribution in [0.25, 0.3) is 0 Å². The van der Waals surface area contributed by atoms with Crippen LogP contribution < -0.4 is 5.73 Å². The second-order valence-corrected chi connectivity index (χ2v) is 5.15. The fraction of sp³-hybridized carbons (Fsp3) is 0.250. The zero-order chi connectivity index (χ0) is 11.5. The molecule has 0 radical (unpaired) electrons. The highest BCUT2D eigenvalue weighted by molar-refractivity contribution is 7.09. The minimum Gasteiger partial charge on any atom is -0.324 e. The number of hydrogen-bond acceptors (Lipinski definition) is 3. The maximum atomic E-state index is 6.16. The van der Waals surface area contributed by atoms with Gasteiger partial charge in [0.15, 0.2) is 0 Å². The molecule has 4 heteroatoms. The van der Waals surface area contributed by atoms with Gasteiger partial charge in [-0.15, -0.1) is 11.3 Å². The highest BCUT2D eigenvalue weighted by Gasteiger charge is 2.11. The maximum Gasteiger partial charge on any atom is 0.0943 e. The van der Waals surface area contributed by atoms with Crippen LogP contribution in [0.15, 0.2) is 29.8 Å². The number of halogens is 1. The molecule has 2 rings (SSSR count). The van der Waals surface area contributed by atoms with E-state index in [2.05, 4.69) is 4.98 Å². The molecule has 0 aliphatic carbocycles. The first-order chi connectivity index (χ1) is 7.66. The van der Waals surface area contributed by atoms with Gasteiger partial charge in [-0.2, -0.15) is 0 Å². The van der Waals surface area contributed by atoms with E-state index in [1.807, 2.05) is 30.5 Å². The Hall–Kier alpha value is -0.900. The predicted octanol–water partition coefficient (Wildman–Crippen LogP) is 3.35. The first kappa shape index (κ1) is 11.6. The molecular formula is C12H13ClN2S. The van der Waals surface area contributed by atoms with Gasteiger partial charge in [0, 0.05) is 29.1 Å². The van der Waals surface area contributed by atoms with Crippen molar-refractivity contribution in [3.8, 4) is 0 Å². The van der Waals surface area contributed by atoms with Crippen molar-refractivity contribution in [2.75, 3.05) is 0 Å². The average molecular weight is 253 g/mol. The monoisotopic (exact) mass is 252 g/mol. The predicted molar refractivity (Wildman–Crippen MR) is 68.9 cm³/mol. The largest absolute Gasteiger partial charge is 0.324 e. The van der Waals surface area contributed by atoms with E-state index in [1.165, 1.54) is 5.56 Å². The van der Waals surface area contributed by atoms with E-state index >= 15 is 0 Å². The van der Waals surface area contributed by atoms with Gasteiger partial charge >= 0.3 is 0 Å². The molecule has 1 aromatic carbocycles. The van der Waals surface area contributed by atoms with Crippen molar-refractivity contribution in [1.29, 1.82) is 0 Å². The minimum absolute atomic E-state index is 0.0372. The summed E-state index contributed by atoms with van der Waals surface area (Å²) in [4.78, 5) is 4.24. The molecule has 2 nitrogen and oxygen atoms in total. The molecule has 1 heterocycles. The fourth-order valence-corrected chi connectivity index (χ4v) is 2.52. The minimum atomic E-state index is -0.0372. The molecule has 0 aliphatic heterocycles. The number of aromatic nitrogens is 1. The second-order valence-electron chi connectivity index (χ2n) is 3.74. The zero-order valence-corrected chi connectivity index (χ0v) is 10.6. The van der Waals surface area contributed by atoms with Crippen LogP contribution in [-0.2, 0) is 6.42 Å². The van der Waals surface area contributed by atoms with E-state index in [4.69, 9.17) is 17.3 Å². The number of hydrogen-bond donors (Lipinski definition) is 1. The lowest BCUT2D eigenvalue weighted by Crippen LogP contribution is -2.14. The summed E-state index contributed by atoms with van der Waals surface area (Å²) in [6, 6.07) is 5.79. The van der Waals surface area contributed by atoms with Crippen LogP contribution in [0, 0.1) is 6.92 Å². The number of nitrogens with zero attached hydrogens (tertiary/aromatic N) is 1. The van der Waals surface area contributed by atoms with E-state index in [-0.39, 0.29) is 6.04 Å². The standard InChI is InChI=1S/C12H13ClN2S/c1-8-2-3-9(13)6-10(8)11(14)7-12-15-4-5-16-12/h2-6,11H,7,14H2,1H3. The van der Waals surface area contributed by atoms with Gasteiger partial charge in [0.25, 0.3) is 0 Å². The van der Waals surface area contributed by atoms with E-state index in [1.54, 1.807) is 17.5 Å². The van der Waals surface area contributed by atoms with E-state index in [9.17, 15) is 0 Å². The Morgan fingerprint density at radius 3 is 3.00 bits per heavy atom. The lowest BCUT2D eigenvalue weighted by Gasteiger charge is -2.13. The molecule has 2 N–H and O–H groups in total. The van der Waals surface area contributed by atoms with Crippen molar-refractivity contribution in [1.82, 2.24) is 4.98 Å². The van der Waals surface area contributed by atoms with Gasteiger partial charge in [-0.25, -0.2) is 4.98 Å². The summed E-state index contributed by atoms with van der Waals surface area (Å²) < 4.78 is 0. The second kappa shape index (κ2) is 4.95. The smallest absolute Gasteiger partial charge is 0.0943 e. The van der Waals surface area contributed by atoms with Crippen molar-refractivity contribution in [3.63, 3.8) is 0 Å². The van der Waals surface area contributed by atoms with Crippen molar-refractivity contribution < 1.29 is 0 Å². The van der Waals surface area contributed by atoms with Crippen LogP contribution in [-0.4, -0.2) is 4.98 Å². The Bertz CT molecular complexity index is 468. The van der Waals surface area contributed by atoms with E-state index < -0.39 is 0 Å². The molecule has 1 unspecified atom stereocenters. The Labute approximate surface area is 104 Å². The molecule has 1 atom stereocenters. The van der Waals surface area contributed by atoms with Crippen LogP contribution in [0.5, 0.6) is 0 Å². The Kier molecular flexibility index (Phi) is 3.59. The molecule has 0 amide bonds. The summed E-state index contributed by atoms with van der Waals surface area (Å²) in [6.45, 7) is 2.05. The molecule has 0 fully saturated rings. The Balaban J connectivity index is 2.20. The quantitative estimate of drug-likeness (QED) is 0.910. The molecular weight excluding hydrogens is 240 g/mol. The number of thiazole rings is 1. The van der Waals surface area contributed by atoms with Gasteiger partial charge < -0.3 is 5.73 Å². The van der Waals surface area contributed by atoms with Crippen LogP contribution in [0.3, 0.4) is 0 Å². The van der Waals surface area contributed by atoms with Crippen LogP contribution in [0.2, 0.25) is 5.02 Å². The lowest BCUT2D eigenvalue weighted by molar-refractivity contribution is 0.713. The molecule has 84 valence electrons. The van der Waals surface area contributed by atoms with Crippen LogP contribution in [0.4, 0.5) is 0 Å². The molecule has 0 saturated carbocycles. The van der Waals surface area contributed by atoms with Crippen molar-refractivity contribution >= 4 is 22.9 Å². The molecule has 0 aliphatic rings. The topological polar surface area (TPSA) is 38.9 Å². The summed E-state index contributed by atoms with van der Waals surface area (Å²) in [5.74, 6) is 0. The fourth-order valence-electron chi connectivity index (χ4n) is 1.66. The van der Waals surface area contributed by atoms with Gasteiger partial charge in [-0.1, -0.05) is 17.7 Å². The summed E-state index contributed by atoms with van der Waals surface area (Å²) in [5.41, 5.74) is 8.44. The number of benzene rings is 1. The van der Waals surface area contributed by atoms with Crippen molar-refractivity contribution in [2.45, 2.75) is 19.4 Å². The number of aryl methyl sites for hydroxylation is 1. The average Bonchev–Trinajstić information content (AvgIpc) is 2.74. The Morgan fingerprint density at radius 2 is 2.31 bits per heavy atom. The molecule has 0 spiro atoms. The summed E-state index contributed by atoms with van der Waals surface area (Å²) in [6.07, 6.45) is 2.57. The molecule has 0 saturated heterocycles. The highest BCUT2D eigenvalue weighted by Crippen LogP contribution is 2.23. The van der Waals surface area contributed by atoms with Gasteiger partial charge in [0.05, 0.1) is 5.01 Å². The normalized spacial score (nSPS) is 12.7. The first-order valence-corrected chi connectivity index (χ1v) is 6.32. The Morgan fingerprint density at radius 1 is 1.50 bits per heavy atom. The third kappa shape index (κ3) is 2.61. The van der Waals surface area contributed by atoms with Gasteiger partial charge in [0.2, 0.25) is 0 Å². The third-order valence-corrected chi connectivity index (χ3v) is 3.56. The maximum absolute atomic E-state index is 6.16. The van der Waals surface area contributed by atoms with Crippen molar-refractivity contribution in [3.05, 3.63) is 50.9 Å². The zero-order valence-electron chi connectivity index (χ0n) is 8.98. The first-order valence-electron chi connectivity index (χ1n) is 5.07. The molecule has 1 aromatic heterocycles. The number of rotatable bonds is 3. The van der Waals surface area contributed by atoms with E-state index in [0.29, 0.717) is 0 Å². The lowest BCUT2D eigenvalue weighted by atomic mass is 10.00. The van der Waals surface area contributed by atoms with Gasteiger partial charge in [-0.3, -0.25) is 0 Å². The number of nitrogens with two attached hydrogens (primary N) is 1. The molecule has 16 heavy (non-hydrogen) atoms. The van der Waals surface area contributed by atoms with Gasteiger partial charge in [0.1, 0.15) is 0 Å². The third-order valence-electron chi connectivity index (χ3n) is 2.52. The van der Waals surface area contributed by atoms with Crippen LogP contribution in [0.1, 0.15) is 22.2 Å². The SMILES string of the molecule is Cc1ccc(Cl)cc1C(N)Cc1nccs1.